The summed E-state index contributed by atoms with van der Waals surface area (Å²) in [5, 5.41) is 10.6. The first-order valence-electron chi connectivity index (χ1n) is 7.36. The maximum absolute atomic E-state index is 10.6. The van der Waals surface area contributed by atoms with Gasteiger partial charge in [-0.1, -0.05) is 40.2 Å². The van der Waals surface area contributed by atoms with Crippen molar-refractivity contribution < 1.29 is 5.11 Å². The van der Waals surface area contributed by atoms with Crippen LogP contribution in [-0.2, 0) is 0 Å². The Kier molecular flexibility index (Phi) is 4.62. The van der Waals surface area contributed by atoms with E-state index in [4.69, 9.17) is 0 Å². The van der Waals surface area contributed by atoms with E-state index < -0.39 is 6.10 Å². The molecule has 0 aromatic heterocycles. The number of nitrogens with zero attached hydrogens (tertiary/aromatic N) is 3. The van der Waals surface area contributed by atoms with E-state index in [1.807, 2.05) is 36.4 Å². The van der Waals surface area contributed by atoms with Gasteiger partial charge in [-0.05, 0) is 29.8 Å². The van der Waals surface area contributed by atoms with Gasteiger partial charge in [-0.2, -0.15) is 0 Å². The van der Waals surface area contributed by atoms with E-state index in [1.165, 1.54) is 5.69 Å². The molecule has 2 aromatic carbocycles. The number of aliphatic imine (C=N–C) groups is 1. The van der Waals surface area contributed by atoms with E-state index in [9.17, 15) is 5.11 Å². The minimum atomic E-state index is -0.551. The molecule has 0 fully saturated rings. The van der Waals surface area contributed by atoms with Gasteiger partial charge in [0.2, 0.25) is 5.96 Å². The van der Waals surface area contributed by atoms with Gasteiger partial charge in [-0.3, -0.25) is 4.99 Å². The maximum atomic E-state index is 10.6. The summed E-state index contributed by atoms with van der Waals surface area (Å²) in [5.41, 5.74) is 3.22. The molecule has 0 saturated heterocycles. The van der Waals surface area contributed by atoms with Gasteiger partial charge in [0.1, 0.15) is 0 Å². The second-order valence-corrected chi connectivity index (χ2v) is 6.42. The van der Waals surface area contributed by atoms with Crippen LogP contribution in [0.4, 0.5) is 11.4 Å². The standard InChI is InChI=1S/C17H16BrN3O.ClH/c18-13-7-5-12(6-8-13)16(22)11-21-15-4-2-1-3-14(15)20-10-9-19-17(20)21;/h1-8,16,22H,9-11H2;1H. The van der Waals surface area contributed by atoms with Gasteiger partial charge in [0.05, 0.1) is 30.6 Å². The molecule has 6 heteroatoms. The molecule has 0 aliphatic carbocycles. The van der Waals surface area contributed by atoms with E-state index in [2.05, 4.69) is 42.9 Å². The average Bonchev–Trinajstić information content (AvgIpc) is 3.11. The highest BCUT2D eigenvalue weighted by Gasteiger charge is 2.35. The van der Waals surface area contributed by atoms with E-state index in [1.54, 1.807) is 0 Å². The molecule has 0 radical (unpaired) electrons. The third-order valence-corrected chi connectivity index (χ3v) is 4.66. The SMILES string of the molecule is Cl.OC(CN1C2=NCCN2c2ccccc21)c1ccc(Br)cc1. The minimum Gasteiger partial charge on any atom is -0.387 e. The molecule has 0 spiro atoms. The van der Waals surface area contributed by atoms with E-state index in [-0.39, 0.29) is 12.4 Å². The third-order valence-electron chi connectivity index (χ3n) is 4.13. The predicted octanol–water partition coefficient (Wildman–Crippen LogP) is 3.60. The smallest absolute Gasteiger partial charge is 0.206 e. The average molecular weight is 395 g/mol. The summed E-state index contributed by atoms with van der Waals surface area (Å²) in [6.45, 7) is 2.24. The van der Waals surface area contributed by atoms with Crippen LogP contribution in [0, 0.1) is 0 Å². The molecule has 1 unspecified atom stereocenters. The molecule has 0 saturated carbocycles. The highest BCUT2D eigenvalue weighted by molar-refractivity contribution is 9.10. The van der Waals surface area contributed by atoms with E-state index in [0.717, 1.165) is 34.8 Å². The molecule has 4 rings (SSSR count). The van der Waals surface area contributed by atoms with Crippen molar-refractivity contribution in [1.82, 2.24) is 0 Å². The summed E-state index contributed by atoms with van der Waals surface area (Å²) < 4.78 is 1.02. The zero-order chi connectivity index (χ0) is 15.1. The van der Waals surface area contributed by atoms with E-state index in [0.29, 0.717) is 6.54 Å². The van der Waals surface area contributed by atoms with Gasteiger partial charge in [-0.15, -0.1) is 12.4 Å². The molecule has 1 N–H and O–H groups in total. The van der Waals surface area contributed by atoms with Crippen molar-refractivity contribution in [3.8, 4) is 0 Å². The summed E-state index contributed by atoms with van der Waals surface area (Å²) in [7, 11) is 0. The molecule has 1 atom stereocenters. The van der Waals surface area contributed by atoms with Gasteiger partial charge >= 0.3 is 0 Å². The largest absolute Gasteiger partial charge is 0.387 e. The monoisotopic (exact) mass is 393 g/mol. The molecule has 2 aromatic rings. The van der Waals surface area contributed by atoms with Gasteiger partial charge in [-0.25, -0.2) is 0 Å². The highest BCUT2D eigenvalue weighted by atomic mass is 79.9. The summed E-state index contributed by atoms with van der Waals surface area (Å²) in [4.78, 5) is 8.95. The van der Waals surface area contributed by atoms with Crippen LogP contribution in [0.25, 0.3) is 0 Å². The molecule has 2 aliphatic heterocycles. The Morgan fingerprint density at radius 1 is 1.09 bits per heavy atom. The predicted molar refractivity (Wildman–Crippen MR) is 99.8 cm³/mol. The van der Waals surface area contributed by atoms with Crippen molar-refractivity contribution in [2.24, 2.45) is 4.99 Å². The molecular formula is C17H17BrClN3O. The number of aliphatic hydroxyl groups is 1. The van der Waals surface area contributed by atoms with Crippen molar-refractivity contribution in [2.75, 3.05) is 29.4 Å². The lowest BCUT2D eigenvalue weighted by Crippen LogP contribution is -2.37. The lowest BCUT2D eigenvalue weighted by molar-refractivity contribution is 0.187. The number of guanidine groups is 1. The van der Waals surface area contributed by atoms with Crippen LogP contribution in [0.15, 0.2) is 58.0 Å². The zero-order valence-corrected chi connectivity index (χ0v) is 14.8. The number of β-amino-alcohol motifs (C(OH)–C–C–N with tert-alkyl or cyclic N) is 1. The van der Waals surface area contributed by atoms with Crippen molar-refractivity contribution in [3.05, 3.63) is 58.6 Å². The van der Waals surface area contributed by atoms with Gasteiger partial charge in [0.25, 0.3) is 0 Å². The quantitative estimate of drug-likeness (QED) is 0.864. The van der Waals surface area contributed by atoms with Gasteiger partial charge < -0.3 is 14.9 Å². The molecule has 120 valence electrons. The van der Waals surface area contributed by atoms with Crippen LogP contribution in [0.3, 0.4) is 0 Å². The molecule has 2 aliphatic rings. The van der Waals surface area contributed by atoms with Crippen molar-refractivity contribution in [1.29, 1.82) is 0 Å². The lowest BCUT2D eigenvalue weighted by Gasteiger charge is -2.23. The first-order chi connectivity index (χ1) is 10.7. The first kappa shape index (κ1) is 16.3. The second kappa shape index (κ2) is 6.51. The normalized spacial score (nSPS) is 16.5. The Labute approximate surface area is 150 Å². The summed E-state index contributed by atoms with van der Waals surface area (Å²) in [6.07, 6.45) is -0.551. The number of para-hydroxylation sites is 2. The Balaban J connectivity index is 0.00000156. The number of fused-ring (bicyclic) bond motifs is 3. The third kappa shape index (κ3) is 2.84. The number of hydrogen-bond acceptors (Lipinski definition) is 4. The van der Waals surface area contributed by atoms with Crippen LogP contribution in [-0.4, -0.2) is 30.7 Å². The fourth-order valence-corrected chi connectivity index (χ4v) is 3.33. The van der Waals surface area contributed by atoms with Crippen LogP contribution < -0.4 is 9.80 Å². The van der Waals surface area contributed by atoms with Crippen molar-refractivity contribution in [2.45, 2.75) is 6.10 Å². The molecule has 4 nitrogen and oxygen atoms in total. The number of aliphatic hydroxyl groups excluding tert-OH is 1. The Morgan fingerprint density at radius 2 is 1.78 bits per heavy atom. The number of benzene rings is 2. The molecular weight excluding hydrogens is 378 g/mol. The maximum Gasteiger partial charge on any atom is 0.206 e. The molecule has 23 heavy (non-hydrogen) atoms. The summed E-state index contributed by atoms with van der Waals surface area (Å²) in [5.74, 6) is 0.956. The first-order valence-corrected chi connectivity index (χ1v) is 8.15. The Morgan fingerprint density at radius 3 is 2.52 bits per heavy atom. The van der Waals surface area contributed by atoms with Crippen molar-refractivity contribution >= 4 is 45.7 Å². The molecule has 2 heterocycles. The van der Waals surface area contributed by atoms with Gasteiger partial charge in [0, 0.05) is 11.0 Å². The Hall–Kier alpha value is -1.56. The fourth-order valence-electron chi connectivity index (χ4n) is 3.07. The number of hydrogen-bond donors (Lipinski definition) is 1. The topological polar surface area (TPSA) is 39.1 Å². The summed E-state index contributed by atoms with van der Waals surface area (Å²) >= 11 is 3.42. The zero-order valence-electron chi connectivity index (χ0n) is 12.4. The van der Waals surface area contributed by atoms with E-state index >= 15 is 0 Å². The van der Waals surface area contributed by atoms with Crippen LogP contribution >= 0.6 is 28.3 Å². The number of anilines is 2. The highest BCUT2D eigenvalue weighted by Crippen LogP contribution is 2.39. The number of halogens is 2. The number of rotatable bonds is 3. The molecule has 0 amide bonds. The summed E-state index contributed by atoms with van der Waals surface area (Å²) in [6, 6.07) is 16.1. The minimum absolute atomic E-state index is 0. The second-order valence-electron chi connectivity index (χ2n) is 5.50. The van der Waals surface area contributed by atoms with Crippen LogP contribution in [0.5, 0.6) is 0 Å². The lowest BCUT2D eigenvalue weighted by atomic mass is 10.1. The van der Waals surface area contributed by atoms with Gasteiger partial charge in [0.15, 0.2) is 0 Å². The molecule has 0 bridgehead atoms. The van der Waals surface area contributed by atoms with Crippen molar-refractivity contribution in [3.63, 3.8) is 0 Å². The van der Waals surface area contributed by atoms with Crippen LogP contribution in [0.2, 0.25) is 0 Å². The Bertz CT molecular complexity index is 735. The van der Waals surface area contributed by atoms with Crippen LogP contribution in [0.1, 0.15) is 11.7 Å². The fraction of sp³-hybridized carbons (Fsp3) is 0.235.